The fraction of sp³-hybridized carbons (Fsp3) is 0.638. The number of carbonyl (C=O) groups excluding carboxylic acids is 2. The van der Waals surface area contributed by atoms with Crippen molar-refractivity contribution in [2.24, 2.45) is 23.5 Å². The summed E-state index contributed by atoms with van der Waals surface area (Å²) in [4.78, 5) is 38.0. The van der Waals surface area contributed by atoms with Crippen LogP contribution in [-0.4, -0.2) is 171 Å². The van der Waals surface area contributed by atoms with Crippen molar-refractivity contribution in [3.63, 3.8) is 0 Å². The SMILES string of the molecule is C[C@@H]1[C@H](O)[C@@H](C)/C=C/C=C/C=C/C=C/C=C/C=C/C=C/[C@H](O[C@@H]2O[C@H](C)[C@@H](O)[C@H](N)[C@@H]2O)CC2O[C@](O)(C[C@@H](O)[C@H](O)C(=O)C[C@@H](O)CC(O)C[C@@H](O)CC(=O)O[C@H]1C)C[C@H](O)[C@H]2C(=O)O. The van der Waals surface area contributed by atoms with Crippen molar-refractivity contribution in [3.05, 3.63) is 85.1 Å². The van der Waals surface area contributed by atoms with Crippen LogP contribution in [-0.2, 0) is 33.3 Å². The van der Waals surface area contributed by atoms with E-state index in [0.29, 0.717) is 0 Å². The smallest absolute Gasteiger partial charge is 0.311 e. The van der Waals surface area contributed by atoms with Crippen molar-refractivity contribution < 1.29 is 89.5 Å². The molecule has 3 aliphatic rings. The van der Waals surface area contributed by atoms with Crippen LogP contribution in [0.4, 0.5) is 0 Å². The Kier molecular flexibility index (Phi) is 23.4. The third-order valence-electron chi connectivity index (χ3n) is 11.9. The lowest BCUT2D eigenvalue weighted by atomic mass is 9.82. The number of hydrogen-bond donors (Lipinski definition) is 12. The highest BCUT2D eigenvalue weighted by atomic mass is 16.7. The first-order valence-corrected chi connectivity index (χ1v) is 22.3. The van der Waals surface area contributed by atoms with Gasteiger partial charge < -0.3 is 80.9 Å². The van der Waals surface area contributed by atoms with Gasteiger partial charge in [-0.3, -0.25) is 14.4 Å². The fourth-order valence-corrected chi connectivity index (χ4v) is 7.91. The molecule has 0 spiro atoms. The minimum atomic E-state index is -2.52. The van der Waals surface area contributed by atoms with E-state index in [0.717, 1.165) is 0 Å². The van der Waals surface area contributed by atoms with E-state index in [1.54, 1.807) is 86.8 Å². The second-order valence-corrected chi connectivity index (χ2v) is 17.5. The summed E-state index contributed by atoms with van der Waals surface area (Å²) >= 11 is 0. The molecule has 372 valence electrons. The fourth-order valence-electron chi connectivity index (χ4n) is 7.91. The van der Waals surface area contributed by atoms with Gasteiger partial charge in [-0.25, -0.2) is 0 Å². The number of allylic oxidation sites excluding steroid dienone is 12. The number of nitrogens with two attached hydrogens (primary N) is 1. The van der Waals surface area contributed by atoms with Crippen LogP contribution in [0.5, 0.6) is 0 Å². The number of aliphatic hydroxyl groups is 10. The standard InChI is InChI=1S/C47H71NO18/c1-26-17-15-13-11-9-7-5-6-8-10-12-14-16-18-33(65-46-44(59)40(48)42(57)29(4)64-46)23-37-39(45(60)61)35(53)24-47(62,66-37)25-36(54)43(58)34(52)21-31(50)19-30(49)20-32(51)22-38(55)63-28(3)27(2)41(26)56/h5-18,26-33,35-37,39-44,46,49-51,53-54,56-59,62H,19-25,48H2,1-4H3,(H,60,61)/b6-5+,9-7+,10-8+,13-11+,14-12+,17-15+,18-16+/t26-,27-,28-,29+,30?,31-,32+,33-,35-,36+,37?,39+,40-,41+,42+,43+,44-,46-,47-/m0/s1. The van der Waals surface area contributed by atoms with Crippen LogP contribution in [0, 0.1) is 17.8 Å². The number of aliphatic hydroxyl groups excluding tert-OH is 9. The van der Waals surface area contributed by atoms with Crippen LogP contribution < -0.4 is 5.73 Å². The van der Waals surface area contributed by atoms with Crippen LogP contribution >= 0.6 is 0 Å². The quantitative estimate of drug-likeness (QED) is 0.164. The van der Waals surface area contributed by atoms with Gasteiger partial charge in [-0.1, -0.05) is 98.9 Å². The molecule has 19 heteroatoms. The predicted octanol–water partition coefficient (Wildman–Crippen LogP) is -0.109. The molecule has 0 aromatic rings. The van der Waals surface area contributed by atoms with Gasteiger partial charge >= 0.3 is 11.9 Å². The van der Waals surface area contributed by atoms with Gasteiger partial charge in [0.2, 0.25) is 0 Å². The van der Waals surface area contributed by atoms with E-state index in [9.17, 15) is 70.6 Å². The molecule has 66 heavy (non-hydrogen) atoms. The number of ether oxygens (including phenoxy) is 4. The molecule has 2 unspecified atom stereocenters. The number of Topliss-reactive ketones (excluding diaryl/α,β-unsaturated/α-hetero) is 1. The highest BCUT2D eigenvalue weighted by Gasteiger charge is 2.51. The largest absolute Gasteiger partial charge is 0.481 e. The Morgan fingerprint density at radius 1 is 0.667 bits per heavy atom. The number of ketones is 1. The Hall–Kier alpha value is -3.77. The van der Waals surface area contributed by atoms with Crippen molar-refractivity contribution in [2.75, 3.05) is 0 Å². The summed E-state index contributed by atoms with van der Waals surface area (Å²) in [6.45, 7) is 6.64. The minimum Gasteiger partial charge on any atom is -0.481 e. The number of hydrogen-bond acceptors (Lipinski definition) is 18. The van der Waals surface area contributed by atoms with E-state index in [2.05, 4.69) is 0 Å². The highest BCUT2D eigenvalue weighted by molar-refractivity contribution is 5.83. The summed E-state index contributed by atoms with van der Waals surface area (Å²) in [5.74, 6) is -8.40. The number of fused-ring (bicyclic) bond motifs is 2. The lowest BCUT2D eigenvalue weighted by molar-refractivity contribution is -0.309. The number of rotatable bonds is 3. The Morgan fingerprint density at radius 3 is 1.74 bits per heavy atom. The number of aliphatic carboxylic acids is 1. The van der Waals surface area contributed by atoms with E-state index < -0.39 is 172 Å². The number of carboxylic acids is 1. The molecule has 0 amide bonds. The minimum absolute atomic E-state index is 0.309. The molecule has 3 rings (SSSR count). The van der Waals surface area contributed by atoms with Crippen LogP contribution in [0.3, 0.4) is 0 Å². The number of carbonyl (C=O) groups is 3. The van der Waals surface area contributed by atoms with Gasteiger partial charge in [0, 0.05) is 37.5 Å². The van der Waals surface area contributed by atoms with E-state index in [4.69, 9.17) is 24.7 Å². The molecular weight excluding hydrogens is 867 g/mol. The number of esters is 1. The second kappa shape index (κ2) is 27.3. The van der Waals surface area contributed by atoms with Gasteiger partial charge in [0.05, 0.1) is 73.5 Å². The Bertz CT molecular complexity index is 1750. The summed E-state index contributed by atoms with van der Waals surface area (Å²) in [5, 5.41) is 118. The Morgan fingerprint density at radius 2 is 1.18 bits per heavy atom. The van der Waals surface area contributed by atoms with Gasteiger partial charge in [-0.15, -0.1) is 0 Å². The molecule has 3 heterocycles. The average molecular weight is 938 g/mol. The Balaban J connectivity index is 1.89. The van der Waals surface area contributed by atoms with Gasteiger partial charge in [-0.2, -0.15) is 0 Å². The lowest BCUT2D eigenvalue weighted by Gasteiger charge is -2.45. The molecule has 0 saturated carbocycles. The van der Waals surface area contributed by atoms with Gasteiger partial charge in [-0.05, 0) is 26.7 Å². The molecule has 0 radical (unpaired) electrons. The zero-order chi connectivity index (χ0) is 49.3. The van der Waals surface area contributed by atoms with Crippen molar-refractivity contribution in [1.82, 2.24) is 0 Å². The first-order chi connectivity index (χ1) is 31.0. The average Bonchev–Trinajstić information content (AvgIpc) is 3.22. The van der Waals surface area contributed by atoms with Crippen molar-refractivity contribution in [2.45, 2.75) is 170 Å². The summed E-state index contributed by atoms with van der Waals surface area (Å²) in [6.07, 6.45) is -0.198. The van der Waals surface area contributed by atoms with Crippen LogP contribution in [0.15, 0.2) is 85.1 Å². The molecule has 2 saturated heterocycles. The predicted molar refractivity (Wildman–Crippen MR) is 237 cm³/mol. The first-order valence-electron chi connectivity index (χ1n) is 22.3. The Labute approximate surface area is 385 Å². The van der Waals surface area contributed by atoms with Crippen LogP contribution in [0.2, 0.25) is 0 Å². The zero-order valence-electron chi connectivity index (χ0n) is 37.8. The van der Waals surface area contributed by atoms with E-state index >= 15 is 0 Å². The van der Waals surface area contributed by atoms with Crippen molar-refractivity contribution in [1.29, 1.82) is 0 Å². The second-order valence-electron chi connectivity index (χ2n) is 17.5. The first kappa shape index (κ1) is 56.6. The molecule has 0 aromatic carbocycles. The molecule has 2 bridgehead atoms. The maximum Gasteiger partial charge on any atom is 0.311 e. The molecular formula is C47H71NO18. The van der Waals surface area contributed by atoms with Gasteiger partial charge in [0.15, 0.2) is 17.9 Å². The van der Waals surface area contributed by atoms with Crippen LogP contribution in [0.1, 0.15) is 72.6 Å². The molecule has 19 atom stereocenters. The molecule has 13 N–H and O–H groups in total. The lowest BCUT2D eigenvalue weighted by Crippen LogP contribution is -2.61. The molecule has 2 fully saturated rings. The summed E-state index contributed by atoms with van der Waals surface area (Å²) in [5.41, 5.74) is 6.00. The van der Waals surface area contributed by atoms with Crippen LogP contribution in [0.25, 0.3) is 0 Å². The molecule has 3 aliphatic heterocycles. The molecule has 0 aromatic heterocycles. The molecule has 19 nitrogen and oxygen atoms in total. The van der Waals surface area contributed by atoms with E-state index in [1.807, 2.05) is 6.92 Å². The summed E-state index contributed by atoms with van der Waals surface area (Å²) in [6, 6.07) is -1.18. The maximum absolute atomic E-state index is 13.0. The number of cyclic esters (lactones) is 1. The molecule has 0 aliphatic carbocycles. The zero-order valence-corrected chi connectivity index (χ0v) is 37.8. The highest BCUT2D eigenvalue weighted by Crippen LogP contribution is 2.38. The van der Waals surface area contributed by atoms with Gasteiger partial charge in [0.25, 0.3) is 0 Å². The normalized spacial score (nSPS) is 45.0. The van der Waals surface area contributed by atoms with Gasteiger partial charge in [0.1, 0.15) is 24.2 Å². The van der Waals surface area contributed by atoms with Crippen molar-refractivity contribution in [3.8, 4) is 0 Å². The topological polar surface area (TPSA) is 337 Å². The van der Waals surface area contributed by atoms with Crippen molar-refractivity contribution >= 4 is 17.7 Å². The third-order valence-corrected chi connectivity index (χ3v) is 11.9. The summed E-state index contributed by atoms with van der Waals surface area (Å²) in [7, 11) is 0. The third kappa shape index (κ3) is 18.0. The maximum atomic E-state index is 13.0. The van der Waals surface area contributed by atoms with E-state index in [-0.39, 0.29) is 5.92 Å². The monoisotopic (exact) mass is 937 g/mol. The summed E-state index contributed by atoms with van der Waals surface area (Å²) < 4.78 is 23.0. The number of carboxylic acid groups (broad SMARTS) is 1. The van der Waals surface area contributed by atoms with E-state index in [1.165, 1.54) is 19.1 Å².